The van der Waals surface area contributed by atoms with Crippen molar-refractivity contribution in [3.8, 4) is 0 Å². The lowest BCUT2D eigenvalue weighted by Crippen LogP contribution is -2.12. The van der Waals surface area contributed by atoms with Crippen molar-refractivity contribution >= 4 is 0 Å². The fraction of sp³-hybridized carbons (Fsp3) is 0.231. The van der Waals surface area contributed by atoms with Crippen LogP contribution in [0, 0.1) is 0 Å². The molecule has 1 aromatic rings. The van der Waals surface area contributed by atoms with Gasteiger partial charge in [-0.05, 0) is 18.4 Å². The van der Waals surface area contributed by atoms with E-state index in [-0.39, 0.29) is 6.42 Å². The van der Waals surface area contributed by atoms with E-state index in [0.29, 0.717) is 6.42 Å². The molecule has 0 saturated heterocycles. The largest absolute Gasteiger partial charge is 0.412 e. The summed E-state index contributed by atoms with van der Waals surface area (Å²) < 4.78 is 37.5. The van der Waals surface area contributed by atoms with Gasteiger partial charge in [0.15, 0.2) is 0 Å². The van der Waals surface area contributed by atoms with Crippen molar-refractivity contribution < 1.29 is 13.2 Å². The van der Waals surface area contributed by atoms with Gasteiger partial charge >= 0.3 is 6.18 Å². The first-order valence-corrected chi connectivity index (χ1v) is 4.96. The standard InChI is InChI=1S/C13H13F3/c1-2-6-12(13(14,15)16)10-9-11-7-4-3-5-8-11/h2-8H,1,9-10H2/b12-6+. The summed E-state index contributed by atoms with van der Waals surface area (Å²) >= 11 is 0. The highest BCUT2D eigenvalue weighted by molar-refractivity contribution is 5.20. The van der Waals surface area contributed by atoms with E-state index in [9.17, 15) is 13.2 Å². The van der Waals surface area contributed by atoms with E-state index >= 15 is 0 Å². The summed E-state index contributed by atoms with van der Waals surface area (Å²) in [5, 5.41) is 0. The fourth-order valence-electron chi connectivity index (χ4n) is 1.39. The van der Waals surface area contributed by atoms with Crippen LogP contribution in [0.5, 0.6) is 0 Å². The van der Waals surface area contributed by atoms with Gasteiger partial charge in [-0.25, -0.2) is 0 Å². The molecule has 0 N–H and O–H groups in total. The Labute approximate surface area is 93.1 Å². The molecule has 0 spiro atoms. The molecule has 0 fully saturated rings. The first-order valence-electron chi connectivity index (χ1n) is 4.96. The molecule has 0 bridgehead atoms. The van der Waals surface area contributed by atoms with Crippen molar-refractivity contribution in [1.29, 1.82) is 0 Å². The van der Waals surface area contributed by atoms with Gasteiger partial charge in [-0.2, -0.15) is 13.2 Å². The molecule has 1 aromatic carbocycles. The van der Waals surface area contributed by atoms with Gasteiger partial charge in [-0.15, -0.1) is 0 Å². The molecule has 86 valence electrons. The average molecular weight is 226 g/mol. The summed E-state index contributed by atoms with van der Waals surface area (Å²) in [6.07, 6.45) is -1.68. The minimum absolute atomic E-state index is 0.0144. The highest BCUT2D eigenvalue weighted by Crippen LogP contribution is 2.29. The maximum absolute atomic E-state index is 12.5. The van der Waals surface area contributed by atoms with Crippen LogP contribution in [0.15, 0.2) is 54.6 Å². The third kappa shape index (κ3) is 3.93. The lowest BCUT2D eigenvalue weighted by Gasteiger charge is -2.10. The van der Waals surface area contributed by atoms with Crippen molar-refractivity contribution in [3.05, 3.63) is 60.2 Å². The Balaban J connectivity index is 2.65. The number of hydrogen-bond acceptors (Lipinski definition) is 0. The van der Waals surface area contributed by atoms with Crippen molar-refractivity contribution in [1.82, 2.24) is 0 Å². The molecule has 0 amide bonds. The summed E-state index contributed by atoms with van der Waals surface area (Å²) in [5.74, 6) is 0. The number of hydrogen-bond donors (Lipinski definition) is 0. The van der Waals surface area contributed by atoms with Crippen LogP contribution in [-0.4, -0.2) is 6.18 Å². The number of rotatable bonds is 4. The van der Waals surface area contributed by atoms with Crippen LogP contribution in [-0.2, 0) is 6.42 Å². The SMILES string of the molecule is C=C/C=C(\CCc1ccccc1)C(F)(F)F. The van der Waals surface area contributed by atoms with Crippen LogP contribution in [0.3, 0.4) is 0 Å². The maximum atomic E-state index is 12.5. The van der Waals surface area contributed by atoms with Gasteiger partial charge in [-0.1, -0.05) is 49.1 Å². The van der Waals surface area contributed by atoms with Crippen molar-refractivity contribution in [2.45, 2.75) is 19.0 Å². The molecule has 0 aliphatic carbocycles. The topological polar surface area (TPSA) is 0 Å². The summed E-state index contributed by atoms with van der Waals surface area (Å²) in [6.45, 7) is 3.29. The van der Waals surface area contributed by atoms with Gasteiger partial charge in [0, 0.05) is 5.57 Å². The molecule has 1 rings (SSSR count). The monoisotopic (exact) mass is 226 g/mol. The summed E-state index contributed by atoms with van der Waals surface area (Å²) in [7, 11) is 0. The fourth-order valence-corrected chi connectivity index (χ4v) is 1.39. The molecule has 0 atom stereocenters. The Hall–Kier alpha value is -1.51. The summed E-state index contributed by atoms with van der Waals surface area (Å²) in [6, 6.07) is 9.12. The van der Waals surface area contributed by atoms with Crippen molar-refractivity contribution in [2.75, 3.05) is 0 Å². The lowest BCUT2D eigenvalue weighted by molar-refractivity contribution is -0.0939. The number of allylic oxidation sites excluding steroid dienone is 3. The quantitative estimate of drug-likeness (QED) is 0.672. The van der Waals surface area contributed by atoms with Crippen LogP contribution >= 0.6 is 0 Å². The maximum Gasteiger partial charge on any atom is 0.412 e. The molecule has 0 saturated carbocycles. The third-order valence-corrected chi connectivity index (χ3v) is 2.21. The van der Waals surface area contributed by atoms with E-state index in [2.05, 4.69) is 6.58 Å². The molecular weight excluding hydrogens is 213 g/mol. The van der Waals surface area contributed by atoms with Crippen LogP contribution < -0.4 is 0 Å². The normalized spacial score (nSPS) is 12.6. The number of halogens is 3. The van der Waals surface area contributed by atoms with E-state index in [1.807, 2.05) is 30.3 Å². The van der Waals surface area contributed by atoms with Gasteiger partial charge in [0.05, 0.1) is 0 Å². The molecule has 0 aliphatic rings. The van der Waals surface area contributed by atoms with Gasteiger partial charge in [0.1, 0.15) is 0 Å². The van der Waals surface area contributed by atoms with Gasteiger partial charge in [0.25, 0.3) is 0 Å². The predicted molar refractivity (Wildman–Crippen MR) is 59.1 cm³/mol. The van der Waals surface area contributed by atoms with Crippen LogP contribution in [0.1, 0.15) is 12.0 Å². The van der Waals surface area contributed by atoms with E-state index < -0.39 is 11.7 Å². The van der Waals surface area contributed by atoms with Gasteiger partial charge in [-0.3, -0.25) is 0 Å². The first kappa shape index (κ1) is 12.6. The minimum atomic E-state index is -4.26. The molecule has 16 heavy (non-hydrogen) atoms. The predicted octanol–water partition coefficient (Wildman–Crippen LogP) is 4.29. The van der Waals surface area contributed by atoms with Crippen molar-refractivity contribution in [2.24, 2.45) is 0 Å². The highest BCUT2D eigenvalue weighted by atomic mass is 19.4. The Bertz CT molecular complexity index is 361. The van der Waals surface area contributed by atoms with Crippen molar-refractivity contribution in [3.63, 3.8) is 0 Å². The van der Waals surface area contributed by atoms with E-state index in [4.69, 9.17) is 0 Å². The minimum Gasteiger partial charge on any atom is -0.166 e. The Morgan fingerprint density at radius 3 is 2.31 bits per heavy atom. The van der Waals surface area contributed by atoms with E-state index in [0.717, 1.165) is 11.6 Å². The van der Waals surface area contributed by atoms with Gasteiger partial charge < -0.3 is 0 Å². The Kier molecular flexibility index (Phi) is 4.35. The zero-order valence-electron chi connectivity index (χ0n) is 8.80. The summed E-state index contributed by atoms with van der Waals surface area (Å²) in [4.78, 5) is 0. The molecule has 0 heterocycles. The van der Waals surface area contributed by atoms with E-state index in [1.54, 1.807) is 0 Å². The number of aryl methyl sites for hydroxylation is 1. The zero-order valence-corrected chi connectivity index (χ0v) is 8.80. The molecule has 0 aliphatic heterocycles. The second kappa shape index (κ2) is 5.54. The second-order valence-corrected chi connectivity index (χ2v) is 3.41. The second-order valence-electron chi connectivity index (χ2n) is 3.41. The molecule has 3 heteroatoms. The van der Waals surface area contributed by atoms with Crippen LogP contribution in [0.2, 0.25) is 0 Å². The Morgan fingerprint density at radius 1 is 1.19 bits per heavy atom. The average Bonchev–Trinajstić information content (AvgIpc) is 2.24. The number of benzene rings is 1. The van der Waals surface area contributed by atoms with E-state index in [1.165, 1.54) is 6.08 Å². The zero-order chi connectivity index (χ0) is 12.0. The molecule has 0 unspecified atom stereocenters. The van der Waals surface area contributed by atoms with Crippen LogP contribution in [0.25, 0.3) is 0 Å². The third-order valence-electron chi connectivity index (χ3n) is 2.21. The smallest absolute Gasteiger partial charge is 0.166 e. The molecule has 0 radical (unpaired) electrons. The molecular formula is C13H13F3. The van der Waals surface area contributed by atoms with Gasteiger partial charge in [0.2, 0.25) is 0 Å². The summed E-state index contributed by atoms with van der Waals surface area (Å²) in [5.41, 5.74) is 0.369. The molecule has 0 aromatic heterocycles. The molecule has 0 nitrogen and oxygen atoms in total. The Morgan fingerprint density at radius 2 is 1.81 bits per heavy atom. The number of alkyl halides is 3. The van der Waals surface area contributed by atoms with Crippen LogP contribution in [0.4, 0.5) is 13.2 Å². The highest BCUT2D eigenvalue weighted by Gasteiger charge is 2.32. The lowest BCUT2D eigenvalue weighted by atomic mass is 10.0. The first-order chi connectivity index (χ1) is 7.54.